The lowest BCUT2D eigenvalue weighted by atomic mass is 9.87. The lowest BCUT2D eigenvalue weighted by Crippen LogP contribution is -2.53. The molecule has 1 aliphatic rings. The van der Waals surface area contributed by atoms with Crippen LogP contribution in [0.4, 0.5) is 0 Å². The Kier molecular flexibility index (Phi) is 5.77. The van der Waals surface area contributed by atoms with E-state index in [2.05, 4.69) is 42.9 Å². The van der Waals surface area contributed by atoms with Crippen molar-refractivity contribution in [2.45, 2.75) is 51.1 Å². The molecule has 3 aromatic rings. The van der Waals surface area contributed by atoms with E-state index in [9.17, 15) is 4.79 Å². The van der Waals surface area contributed by atoms with Gasteiger partial charge in [-0.25, -0.2) is 9.97 Å². The molecular weight excluding hydrogens is 402 g/mol. The number of pyridine rings is 1. The molecule has 1 atom stereocenters. The number of rotatable bonds is 6. The number of carbonyl (C=O) groups excluding carboxylic acids is 1. The van der Waals surface area contributed by atoms with Crippen LogP contribution >= 0.6 is 0 Å². The van der Waals surface area contributed by atoms with Crippen LogP contribution in [-0.2, 0) is 10.3 Å². The minimum atomic E-state index is -0.559. The van der Waals surface area contributed by atoms with Crippen molar-refractivity contribution in [3.8, 4) is 17.1 Å². The van der Waals surface area contributed by atoms with Gasteiger partial charge in [-0.05, 0) is 45.7 Å². The fourth-order valence-corrected chi connectivity index (χ4v) is 4.82. The van der Waals surface area contributed by atoms with E-state index in [1.54, 1.807) is 7.11 Å². The lowest BCUT2D eigenvalue weighted by molar-refractivity contribution is -0.138. The number of ether oxygens (including phenoxy) is 1. The molecule has 0 saturated carbocycles. The van der Waals surface area contributed by atoms with Gasteiger partial charge in [0, 0.05) is 23.9 Å². The Labute approximate surface area is 188 Å². The first-order valence-electron chi connectivity index (χ1n) is 11.0. The quantitative estimate of drug-likeness (QED) is 0.569. The van der Waals surface area contributed by atoms with Crippen molar-refractivity contribution >= 4 is 16.8 Å². The Bertz CT molecular complexity index is 1160. The summed E-state index contributed by atoms with van der Waals surface area (Å²) in [5, 5.41) is 1.02. The molecule has 0 aliphatic carbocycles. The predicted molar refractivity (Wildman–Crippen MR) is 126 cm³/mol. The van der Waals surface area contributed by atoms with Crippen molar-refractivity contribution in [3.05, 3.63) is 54.5 Å². The largest absolute Gasteiger partial charge is 0.480 e. The third-order valence-corrected chi connectivity index (χ3v) is 6.05. The Morgan fingerprint density at radius 2 is 2.06 bits per heavy atom. The smallest absolute Gasteiger partial charge is 0.223 e. The summed E-state index contributed by atoms with van der Waals surface area (Å²) in [5.41, 5.74) is 7.30. The summed E-state index contributed by atoms with van der Waals surface area (Å²) in [6, 6.07) is 9.99. The topological polar surface area (TPSA) is 97.1 Å². The number of fused-ring (bicyclic) bond motifs is 1. The molecule has 7 nitrogen and oxygen atoms in total. The Hall–Kier alpha value is -3.19. The number of likely N-dealkylation sites (tertiary alicyclic amines) is 1. The Morgan fingerprint density at radius 3 is 2.78 bits per heavy atom. The molecule has 1 amide bonds. The molecule has 3 N–H and O–H groups in total. The fraction of sp³-hybridized carbons (Fsp3) is 0.400. The maximum absolute atomic E-state index is 13.0. The minimum absolute atomic E-state index is 0.140. The van der Waals surface area contributed by atoms with Crippen LogP contribution in [0.1, 0.15) is 45.9 Å². The monoisotopic (exact) mass is 433 g/mol. The van der Waals surface area contributed by atoms with Gasteiger partial charge in [0.05, 0.1) is 30.1 Å². The minimum Gasteiger partial charge on any atom is -0.480 e. The number of para-hydroxylation sites is 1. The van der Waals surface area contributed by atoms with Crippen LogP contribution in [0.15, 0.2) is 48.7 Å². The first kappa shape index (κ1) is 22.0. The van der Waals surface area contributed by atoms with Gasteiger partial charge in [0.1, 0.15) is 11.4 Å². The summed E-state index contributed by atoms with van der Waals surface area (Å²) in [6.45, 7) is 6.66. The van der Waals surface area contributed by atoms with Gasteiger partial charge in [0.15, 0.2) is 0 Å². The highest BCUT2D eigenvalue weighted by Crippen LogP contribution is 2.46. The van der Waals surface area contributed by atoms with E-state index in [1.807, 2.05) is 41.4 Å². The molecule has 1 saturated heterocycles. The standard InChI is InChI=1S/C25H31N5O2/c1-24(2,3)30-21(31)11-13-25(30,12-7-8-14-26)23-27-16-20(29-23)18-15-17-9-5-6-10-19(17)28-22(18)32-4/h5-10,15-16H,11-14,26H2,1-4H3,(H,27,29)/b8-7+. The van der Waals surface area contributed by atoms with Crippen molar-refractivity contribution < 1.29 is 9.53 Å². The maximum Gasteiger partial charge on any atom is 0.223 e. The number of carbonyl (C=O) groups is 1. The van der Waals surface area contributed by atoms with Crippen molar-refractivity contribution in [1.82, 2.24) is 19.9 Å². The number of nitrogens with two attached hydrogens (primary N) is 1. The van der Waals surface area contributed by atoms with Crippen LogP contribution in [0.2, 0.25) is 0 Å². The van der Waals surface area contributed by atoms with Crippen LogP contribution < -0.4 is 10.5 Å². The average molecular weight is 434 g/mol. The Morgan fingerprint density at radius 1 is 1.28 bits per heavy atom. The molecule has 1 aliphatic heterocycles. The Balaban J connectivity index is 1.83. The summed E-state index contributed by atoms with van der Waals surface area (Å²) in [5.74, 6) is 1.44. The molecule has 4 rings (SSSR count). The number of aromatic amines is 1. The molecule has 2 aromatic heterocycles. The van der Waals surface area contributed by atoms with Crippen LogP contribution in [-0.4, -0.2) is 45.0 Å². The zero-order valence-electron chi connectivity index (χ0n) is 19.2. The van der Waals surface area contributed by atoms with Crippen molar-refractivity contribution in [1.29, 1.82) is 0 Å². The third-order valence-electron chi connectivity index (χ3n) is 6.05. The van der Waals surface area contributed by atoms with Gasteiger partial charge in [-0.3, -0.25) is 4.79 Å². The number of nitrogens with zero attached hydrogens (tertiary/aromatic N) is 3. The molecule has 0 bridgehead atoms. The molecule has 3 heterocycles. The van der Waals surface area contributed by atoms with Gasteiger partial charge in [0.25, 0.3) is 0 Å². The fourth-order valence-electron chi connectivity index (χ4n) is 4.82. The first-order valence-corrected chi connectivity index (χ1v) is 11.0. The van der Waals surface area contributed by atoms with E-state index < -0.39 is 5.54 Å². The summed E-state index contributed by atoms with van der Waals surface area (Å²) in [6.07, 6.45) is 7.63. The molecule has 168 valence electrons. The molecular formula is C25H31N5O2. The van der Waals surface area contributed by atoms with E-state index in [1.165, 1.54) is 0 Å². The number of methoxy groups -OCH3 is 1. The van der Waals surface area contributed by atoms with Crippen LogP contribution in [0.25, 0.3) is 22.2 Å². The summed E-state index contributed by atoms with van der Waals surface area (Å²) >= 11 is 0. The number of benzene rings is 1. The second-order valence-corrected chi connectivity index (χ2v) is 9.23. The van der Waals surface area contributed by atoms with Gasteiger partial charge in [-0.1, -0.05) is 30.4 Å². The number of nitrogens with one attached hydrogen (secondary N) is 1. The van der Waals surface area contributed by atoms with Gasteiger partial charge >= 0.3 is 0 Å². The van der Waals surface area contributed by atoms with Gasteiger partial charge < -0.3 is 20.4 Å². The predicted octanol–water partition coefficient (Wildman–Crippen LogP) is 4.15. The van der Waals surface area contributed by atoms with Crippen molar-refractivity contribution in [2.75, 3.05) is 13.7 Å². The number of H-pyrrole nitrogens is 1. The third kappa shape index (κ3) is 3.77. The van der Waals surface area contributed by atoms with E-state index in [4.69, 9.17) is 15.5 Å². The van der Waals surface area contributed by atoms with Crippen LogP contribution in [0, 0.1) is 0 Å². The van der Waals surface area contributed by atoms with E-state index in [0.717, 1.165) is 28.0 Å². The normalized spacial score (nSPS) is 19.4. The van der Waals surface area contributed by atoms with E-state index in [-0.39, 0.29) is 11.4 Å². The zero-order chi connectivity index (χ0) is 22.9. The maximum atomic E-state index is 13.0. The van der Waals surface area contributed by atoms with Gasteiger partial charge in [0.2, 0.25) is 11.8 Å². The summed E-state index contributed by atoms with van der Waals surface area (Å²) < 4.78 is 5.59. The molecule has 7 heteroatoms. The second-order valence-electron chi connectivity index (χ2n) is 9.23. The molecule has 1 unspecified atom stereocenters. The number of hydrogen-bond donors (Lipinski definition) is 2. The van der Waals surface area contributed by atoms with Gasteiger partial charge in [-0.15, -0.1) is 0 Å². The van der Waals surface area contributed by atoms with Crippen LogP contribution in [0.3, 0.4) is 0 Å². The second kappa shape index (κ2) is 8.39. The summed E-state index contributed by atoms with van der Waals surface area (Å²) in [4.78, 5) is 27.9. The van der Waals surface area contributed by atoms with Crippen LogP contribution in [0.5, 0.6) is 5.88 Å². The first-order chi connectivity index (χ1) is 15.3. The van der Waals surface area contributed by atoms with E-state index >= 15 is 0 Å². The number of aromatic nitrogens is 3. The average Bonchev–Trinajstić information content (AvgIpc) is 3.38. The zero-order valence-corrected chi connectivity index (χ0v) is 19.2. The molecule has 0 spiro atoms. The molecule has 1 fully saturated rings. The highest BCUT2D eigenvalue weighted by atomic mass is 16.5. The summed E-state index contributed by atoms with van der Waals surface area (Å²) in [7, 11) is 1.62. The molecule has 32 heavy (non-hydrogen) atoms. The van der Waals surface area contributed by atoms with E-state index in [0.29, 0.717) is 31.7 Å². The SMILES string of the molecule is COc1nc2ccccc2cc1-c1cnc(C2(C/C=C/CN)CCC(=O)N2C(C)(C)C)[nH]1. The van der Waals surface area contributed by atoms with Crippen molar-refractivity contribution in [2.24, 2.45) is 5.73 Å². The van der Waals surface area contributed by atoms with Crippen molar-refractivity contribution in [3.63, 3.8) is 0 Å². The number of hydrogen-bond acceptors (Lipinski definition) is 5. The molecule has 0 radical (unpaired) electrons. The highest BCUT2D eigenvalue weighted by Gasteiger charge is 2.52. The van der Waals surface area contributed by atoms with Gasteiger partial charge in [-0.2, -0.15) is 0 Å². The number of imidazole rings is 1. The highest BCUT2D eigenvalue weighted by molar-refractivity contribution is 5.85. The lowest BCUT2D eigenvalue weighted by Gasteiger charge is -2.45. The number of amides is 1. The molecule has 1 aromatic carbocycles.